The van der Waals surface area contributed by atoms with E-state index in [1.54, 1.807) is 24.3 Å². The summed E-state index contributed by atoms with van der Waals surface area (Å²) >= 11 is 12.8. The predicted molar refractivity (Wildman–Crippen MR) is 176 cm³/mol. The number of aryl methyl sites for hydroxylation is 1. The van der Waals surface area contributed by atoms with Crippen molar-refractivity contribution in [3.8, 4) is 0 Å². The molecule has 4 aromatic rings. The Hall–Kier alpha value is -3.85. The number of hydrogen-bond donors (Lipinski definition) is 1. The molecule has 0 aliphatic heterocycles. The Balaban J connectivity index is 1.83. The summed E-state index contributed by atoms with van der Waals surface area (Å²) in [4.78, 5) is 29.7. The number of nitrogens with one attached hydrogen (secondary N) is 1. The van der Waals surface area contributed by atoms with Crippen molar-refractivity contribution in [3.63, 3.8) is 0 Å². The zero-order valence-electron chi connectivity index (χ0n) is 24.6. The fourth-order valence-electron chi connectivity index (χ4n) is 4.80. The zero-order chi connectivity index (χ0) is 31.7. The van der Waals surface area contributed by atoms with E-state index in [1.807, 2.05) is 68.4 Å². The first-order chi connectivity index (χ1) is 21.1. The molecule has 230 valence electrons. The van der Waals surface area contributed by atoms with Crippen LogP contribution in [0.15, 0.2) is 108 Å². The summed E-state index contributed by atoms with van der Waals surface area (Å²) in [7, 11) is -4.28. The van der Waals surface area contributed by atoms with Crippen molar-refractivity contribution >= 4 is 50.7 Å². The number of carbonyl (C=O) groups is 2. The first-order valence-corrected chi connectivity index (χ1v) is 16.5. The topological polar surface area (TPSA) is 86.8 Å². The van der Waals surface area contributed by atoms with Crippen LogP contribution in [-0.2, 0) is 32.6 Å². The first kappa shape index (κ1) is 33.1. The molecule has 0 bridgehead atoms. The highest BCUT2D eigenvalue weighted by Crippen LogP contribution is 2.33. The van der Waals surface area contributed by atoms with Gasteiger partial charge in [0.1, 0.15) is 12.6 Å². The Bertz CT molecular complexity index is 1690. The third kappa shape index (κ3) is 8.20. The molecule has 0 aromatic heterocycles. The van der Waals surface area contributed by atoms with E-state index in [9.17, 15) is 18.0 Å². The molecule has 1 atom stereocenters. The molecule has 44 heavy (non-hydrogen) atoms. The summed E-state index contributed by atoms with van der Waals surface area (Å²) in [5, 5.41) is 3.30. The number of nitrogens with zero attached hydrogens (tertiary/aromatic N) is 2. The van der Waals surface area contributed by atoms with E-state index >= 15 is 0 Å². The van der Waals surface area contributed by atoms with Gasteiger partial charge in [0.25, 0.3) is 10.0 Å². The van der Waals surface area contributed by atoms with E-state index in [-0.39, 0.29) is 39.5 Å². The Morgan fingerprint density at radius 3 is 2.16 bits per heavy atom. The average Bonchev–Trinajstić information content (AvgIpc) is 3.03. The maximum Gasteiger partial charge on any atom is 0.264 e. The smallest absolute Gasteiger partial charge is 0.264 e. The lowest BCUT2D eigenvalue weighted by molar-refractivity contribution is -0.140. The van der Waals surface area contributed by atoms with Crippen LogP contribution in [0.5, 0.6) is 0 Å². The predicted octanol–water partition coefficient (Wildman–Crippen LogP) is 6.66. The number of carbonyl (C=O) groups excluding carboxylic acids is 2. The van der Waals surface area contributed by atoms with E-state index in [0.29, 0.717) is 13.0 Å². The quantitative estimate of drug-likeness (QED) is 0.175. The van der Waals surface area contributed by atoms with Crippen molar-refractivity contribution in [2.75, 3.05) is 17.4 Å². The molecule has 0 fully saturated rings. The highest BCUT2D eigenvalue weighted by molar-refractivity contribution is 7.92. The molecule has 0 saturated carbocycles. The molecule has 4 aromatic carbocycles. The summed E-state index contributed by atoms with van der Waals surface area (Å²) in [5.74, 6) is -0.896. The Labute approximate surface area is 269 Å². The van der Waals surface area contributed by atoms with Crippen molar-refractivity contribution in [3.05, 3.63) is 130 Å². The summed E-state index contributed by atoms with van der Waals surface area (Å²) < 4.78 is 29.1. The number of rotatable bonds is 13. The van der Waals surface area contributed by atoms with Crippen LogP contribution >= 0.6 is 23.2 Å². The maximum atomic E-state index is 14.5. The second-order valence-electron chi connectivity index (χ2n) is 10.4. The summed E-state index contributed by atoms with van der Waals surface area (Å²) in [6.07, 6.45) is 0.948. The van der Waals surface area contributed by atoms with Gasteiger partial charge in [-0.3, -0.25) is 13.9 Å². The molecule has 0 radical (unpaired) electrons. The van der Waals surface area contributed by atoms with Crippen LogP contribution in [0.4, 0.5) is 5.69 Å². The number of amides is 2. The Kier molecular flexibility index (Phi) is 11.4. The van der Waals surface area contributed by atoms with Gasteiger partial charge < -0.3 is 10.2 Å². The summed E-state index contributed by atoms with van der Waals surface area (Å²) in [6, 6.07) is 28.3. The van der Waals surface area contributed by atoms with Gasteiger partial charge in [0.15, 0.2) is 0 Å². The standard InChI is InChI=1S/C34H35Cl2N3O4S/c1-3-20-37-34(41)32(21-26-13-6-4-7-14-26)38(23-27-15-11-10-12-25(27)2)33(40)24-39(31-22-28(35)18-19-30(31)36)44(42,43)29-16-8-5-9-17-29/h4-19,22,32H,3,20-21,23-24H2,1-2H3,(H,37,41)/t32-/m1/s1. The van der Waals surface area contributed by atoms with Crippen LogP contribution in [-0.4, -0.2) is 44.3 Å². The first-order valence-electron chi connectivity index (χ1n) is 14.3. The van der Waals surface area contributed by atoms with E-state index in [1.165, 1.54) is 29.2 Å². The number of hydrogen-bond acceptors (Lipinski definition) is 4. The van der Waals surface area contributed by atoms with Gasteiger partial charge in [-0.1, -0.05) is 103 Å². The fraction of sp³-hybridized carbons (Fsp3) is 0.235. The Morgan fingerprint density at radius 2 is 1.50 bits per heavy atom. The third-order valence-electron chi connectivity index (χ3n) is 7.21. The van der Waals surface area contributed by atoms with Crippen molar-refractivity contribution in [1.82, 2.24) is 10.2 Å². The van der Waals surface area contributed by atoms with Crippen molar-refractivity contribution in [2.45, 2.75) is 44.2 Å². The minimum atomic E-state index is -4.28. The zero-order valence-corrected chi connectivity index (χ0v) is 26.9. The van der Waals surface area contributed by atoms with E-state index in [2.05, 4.69) is 5.32 Å². The van der Waals surface area contributed by atoms with Crippen LogP contribution in [0.1, 0.15) is 30.0 Å². The molecule has 4 rings (SSSR count). The molecule has 0 saturated heterocycles. The van der Waals surface area contributed by atoms with Crippen molar-refractivity contribution in [2.24, 2.45) is 0 Å². The van der Waals surface area contributed by atoms with Gasteiger partial charge in [-0.15, -0.1) is 0 Å². The van der Waals surface area contributed by atoms with Crippen LogP contribution in [0.25, 0.3) is 0 Å². The number of benzene rings is 4. The molecule has 0 spiro atoms. The number of anilines is 1. The lowest BCUT2D eigenvalue weighted by Crippen LogP contribution is -2.53. The minimum Gasteiger partial charge on any atom is -0.354 e. The Morgan fingerprint density at radius 1 is 0.864 bits per heavy atom. The molecular formula is C34H35Cl2N3O4S. The summed E-state index contributed by atoms with van der Waals surface area (Å²) in [5.41, 5.74) is 2.69. The van der Waals surface area contributed by atoms with Crippen molar-refractivity contribution < 1.29 is 18.0 Å². The molecule has 7 nitrogen and oxygen atoms in total. The maximum absolute atomic E-state index is 14.5. The molecule has 2 amide bonds. The second-order valence-corrected chi connectivity index (χ2v) is 13.1. The molecule has 0 aliphatic carbocycles. The normalized spacial score (nSPS) is 11.9. The summed E-state index contributed by atoms with van der Waals surface area (Å²) in [6.45, 7) is 3.78. The number of sulfonamides is 1. The van der Waals surface area contributed by atoms with E-state index < -0.39 is 28.5 Å². The molecule has 10 heteroatoms. The number of halogens is 2. The molecule has 0 unspecified atom stereocenters. The molecular weight excluding hydrogens is 617 g/mol. The lowest BCUT2D eigenvalue weighted by atomic mass is 10.0. The average molecular weight is 653 g/mol. The van der Waals surface area contributed by atoms with Gasteiger partial charge >= 0.3 is 0 Å². The molecule has 1 N–H and O–H groups in total. The minimum absolute atomic E-state index is 0.0178. The van der Waals surface area contributed by atoms with Crippen LogP contribution in [0.3, 0.4) is 0 Å². The van der Waals surface area contributed by atoms with Crippen LogP contribution < -0.4 is 9.62 Å². The SMILES string of the molecule is CCCNC(=O)[C@@H](Cc1ccccc1)N(Cc1ccccc1C)C(=O)CN(c1cc(Cl)ccc1Cl)S(=O)(=O)c1ccccc1. The van der Waals surface area contributed by atoms with Gasteiger partial charge in [-0.25, -0.2) is 8.42 Å². The van der Waals surface area contributed by atoms with Gasteiger partial charge in [0.05, 0.1) is 15.6 Å². The molecule has 0 aliphatic rings. The van der Waals surface area contributed by atoms with Gasteiger partial charge in [-0.05, 0) is 60.4 Å². The van der Waals surface area contributed by atoms with Gasteiger partial charge in [-0.2, -0.15) is 0 Å². The van der Waals surface area contributed by atoms with Crippen LogP contribution in [0, 0.1) is 6.92 Å². The largest absolute Gasteiger partial charge is 0.354 e. The lowest BCUT2D eigenvalue weighted by Gasteiger charge is -2.34. The third-order valence-corrected chi connectivity index (χ3v) is 9.54. The van der Waals surface area contributed by atoms with E-state index in [0.717, 1.165) is 21.0 Å². The van der Waals surface area contributed by atoms with Crippen molar-refractivity contribution in [1.29, 1.82) is 0 Å². The van der Waals surface area contributed by atoms with E-state index in [4.69, 9.17) is 23.2 Å². The molecule has 0 heterocycles. The van der Waals surface area contributed by atoms with Crippen LogP contribution in [0.2, 0.25) is 10.0 Å². The highest BCUT2D eigenvalue weighted by Gasteiger charge is 2.35. The van der Waals surface area contributed by atoms with Gasteiger partial charge in [0, 0.05) is 24.5 Å². The monoisotopic (exact) mass is 651 g/mol. The van der Waals surface area contributed by atoms with Gasteiger partial charge in [0.2, 0.25) is 11.8 Å². The second kappa shape index (κ2) is 15.2. The highest BCUT2D eigenvalue weighted by atomic mass is 35.5. The fourth-order valence-corrected chi connectivity index (χ4v) is 6.68.